The summed E-state index contributed by atoms with van der Waals surface area (Å²) in [7, 11) is 0. The van der Waals surface area contributed by atoms with Gasteiger partial charge in [0.1, 0.15) is 0 Å². The van der Waals surface area contributed by atoms with E-state index in [-0.39, 0.29) is 11.9 Å². The van der Waals surface area contributed by atoms with Crippen LogP contribution in [0.1, 0.15) is 21.5 Å². The Morgan fingerprint density at radius 2 is 2.03 bits per heavy atom. The zero-order valence-corrected chi connectivity index (χ0v) is 16.3. The van der Waals surface area contributed by atoms with E-state index >= 15 is 0 Å². The molecule has 0 atom stereocenters. The van der Waals surface area contributed by atoms with Crippen LogP contribution < -0.4 is 16.4 Å². The second kappa shape index (κ2) is 7.23. The first-order valence-corrected chi connectivity index (χ1v) is 10.1. The van der Waals surface area contributed by atoms with Crippen LogP contribution in [0.3, 0.4) is 0 Å². The van der Waals surface area contributed by atoms with Gasteiger partial charge in [0.25, 0.3) is 5.91 Å². The standard InChI is InChI=1S/C21H18N6OS/c22-20-24-8-6-16(25-20)13-3-4-17-18(10-13)29-21(26-17)27-19(28)14-1-2-15-11-23-7-5-12(15)9-14/h1-4,6,8-10,23H,5,7,11H2,(H2,22,24,25)(H,26,27,28). The highest BCUT2D eigenvalue weighted by atomic mass is 32.1. The highest BCUT2D eigenvalue weighted by Crippen LogP contribution is 2.30. The van der Waals surface area contributed by atoms with Crippen molar-refractivity contribution in [1.29, 1.82) is 0 Å². The normalized spacial score (nSPS) is 13.2. The second-order valence-electron chi connectivity index (χ2n) is 6.87. The minimum atomic E-state index is -0.144. The summed E-state index contributed by atoms with van der Waals surface area (Å²) in [5.74, 6) is 0.0925. The fraction of sp³-hybridized carbons (Fsp3) is 0.143. The largest absolute Gasteiger partial charge is 0.368 e. The van der Waals surface area contributed by atoms with E-state index in [1.165, 1.54) is 22.5 Å². The van der Waals surface area contributed by atoms with Crippen LogP contribution in [-0.2, 0) is 13.0 Å². The molecule has 8 heteroatoms. The number of rotatable bonds is 3. The lowest BCUT2D eigenvalue weighted by Gasteiger charge is -2.17. The van der Waals surface area contributed by atoms with Crippen molar-refractivity contribution < 1.29 is 4.79 Å². The average molecular weight is 402 g/mol. The summed E-state index contributed by atoms with van der Waals surface area (Å²) in [5.41, 5.74) is 11.3. The number of thiazole rings is 1. The van der Waals surface area contributed by atoms with Crippen molar-refractivity contribution in [2.45, 2.75) is 13.0 Å². The molecule has 1 aliphatic rings. The summed E-state index contributed by atoms with van der Waals surface area (Å²) in [6.07, 6.45) is 2.57. The monoisotopic (exact) mass is 402 g/mol. The van der Waals surface area contributed by atoms with Gasteiger partial charge in [0, 0.05) is 23.9 Å². The third kappa shape index (κ3) is 3.55. The van der Waals surface area contributed by atoms with Crippen LogP contribution >= 0.6 is 11.3 Å². The van der Waals surface area contributed by atoms with Gasteiger partial charge in [-0.3, -0.25) is 10.1 Å². The summed E-state index contributed by atoms with van der Waals surface area (Å²) in [5, 5.41) is 6.84. The van der Waals surface area contributed by atoms with Crippen LogP contribution in [0.4, 0.5) is 11.1 Å². The van der Waals surface area contributed by atoms with Crippen LogP contribution in [0.5, 0.6) is 0 Å². The first-order chi connectivity index (χ1) is 14.2. The number of nitrogens with one attached hydrogen (secondary N) is 2. The summed E-state index contributed by atoms with van der Waals surface area (Å²) >= 11 is 1.43. The summed E-state index contributed by atoms with van der Waals surface area (Å²) < 4.78 is 0.964. The van der Waals surface area contributed by atoms with Gasteiger partial charge < -0.3 is 11.1 Å². The molecule has 0 aliphatic carbocycles. The van der Waals surface area contributed by atoms with Crippen molar-refractivity contribution >= 4 is 38.5 Å². The number of nitrogens with zero attached hydrogens (tertiary/aromatic N) is 3. The second-order valence-corrected chi connectivity index (χ2v) is 7.90. The predicted octanol–water partition coefficient (Wildman–Crippen LogP) is 3.23. The molecule has 4 N–H and O–H groups in total. The quantitative estimate of drug-likeness (QED) is 0.486. The van der Waals surface area contributed by atoms with Gasteiger partial charge in [0.05, 0.1) is 15.9 Å². The fourth-order valence-electron chi connectivity index (χ4n) is 3.46. The molecule has 0 unspecified atom stereocenters. The van der Waals surface area contributed by atoms with Gasteiger partial charge in [-0.1, -0.05) is 23.5 Å². The van der Waals surface area contributed by atoms with Crippen LogP contribution in [-0.4, -0.2) is 27.4 Å². The zero-order chi connectivity index (χ0) is 19.8. The molecule has 5 rings (SSSR count). The van der Waals surface area contributed by atoms with Crippen molar-refractivity contribution in [3.05, 3.63) is 65.4 Å². The molecule has 29 heavy (non-hydrogen) atoms. The van der Waals surface area contributed by atoms with Gasteiger partial charge >= 0.3 is 0 Å². The molecule has 0 saturated carbocycles. The Morgan fingerprint density at radius 3 is 2.93 bits per heavy atom. The van der Waals surface area contributed by atoms with E-state index in [0.29, 0.717) is 10.7 Å². The molecule has 0 saturated heterocycles. The molecule has 7 nitrogen and oxygen atoms in total. The maximum Gasteiger partial charge on any atom is 0.257 e. The molecule has 0 fully saturated rings. The third-order valence-electron chi connectivity index (χ3n) is 4.93. The predicted molar refractivity (Wildman–Crippen MR) is 115 cm³/mol. The Kier molecular flexibility index (Phi) is 4.42. The number of anilines is 2. The summed E-state index contributed by atoms with van der Waals surface area (Å²) in [6, 6.07) is 13.5. The Morgan fingerprint density at radius 1 is 1.10 bits per heavy atom. The lowest BCUT2D eigenvalue weighted by atomic mass is 9.98. The van der Waals surface area contributed by atoms with Crippen LogP contribution in [0, 0.1) is 0 Å². The zero-order valence-electron chi connectivity index (χ0n) is 15.5. The molecular weight excluding hydrogens is 384 g/mol. The number of carbonyl (C=O) groups excluding carboxylic acids is 1. The summed E-state index contributed by atoms with van der Waals surface area (Å²) in [6.45, 7) is 1.80. The van der Waals surface area contributed by atoms with Gasteiger partial charge in [-0.2, -0.15) is 0 Å². The maximum absolute atomic E-state index is 12.7. The number of nitrogens with two attached hydrogens (primary N) is 1. The number of fused-ring (bicyclic) bond motifs is 2. The SMILES string of the molecule is Nc1nccc(-c2ccc3nc(NC(=O)c4ccc5c(c4)CCNC5)sc3c2)n1. The van der Waals surface area contributed by atoms with Crippen molar-refractivity contribution in [1.82, 2.24) is 20.3 Å². The first kappa shape index (κ1) is 17.7. The number of nitrogen functional groups attached to an aromatic ring is 1. The smallest absolute Gasteiger partial charge is 0.257 e. The van der Waals surface area contributed by atoms with Gasteiger partial charge in [0.15, 0.2) is 5.13 Å². The number of hydrogen-bond donors (Lipinski definition) is 3. The first-order valence-electron chi connectivity index (χ1n) is 9.29. The molecular formula is C21H18N6OS. The van der Waals surface area contributed by atoms with E-state index in [1.54, 1.807) is 6.20 Å². The highest BCUT2D eigenvalue weighted by Gasteiger charge is 2.14. The maximum atomic E-state index is 12.7. The van der Waals surface area contributed by atoms with Crippen LogP contribution in [0.2, 0.25) is 0 Å². The molecule has 2 aromatic carbocycles. The van der Waals surface area contributed by atoms with E-state index in [1.807, 2.05) is 42.5 Å². The molecule has 144 valence electrons. The van der Waals surface area contributed by atoms with Gasteiger partial charge in [-0.15, -0.1) is 0 Å². The number of benzene rings is 2. The fourth-order valence-corrected chi connectivity index (χ4v) is 4.36. The minimum Gasteiger partial charge on any atom is -0.368 e. The van der Waals surface area contributed by atoms with E-state index in [2.05, 4.69) is 25.6 Å². The van der Waals surface area contributed by atoms with Gasteiger partial charge in [0.2, 0.25) is 5.95 Å². The molecule has 4 aromatic rings. The Labute approximate surface area is 171 Å². The van der Waals surface area contributed by atoms with Gasteiger partial charge in [-0.05, 0) is 54.4 Å². The van der Waals surface area contributed by atoms with E-state index in [0.717, 1.165) is 41.0 Å². The van der Waals surface area contributed by atoms with Crippen molar-refractivity contribution in [3.8, 4) is 11.3 Å². The Hall–Kier alpha value is -3.36. The molecule has 1 amide bonds. The van der Waals surface area contributed by atoms with Crippen molar-refractivity contribution in [2.75, 3.05) is 17.6 Å². The minimum absolute atomic E-state index is 0.144. The number of aromatic nitrogens is 3. The summed E-state index contributed by atoms with van der Waals surface area (Å²) in [4.78, 5) is 25.4. The third-order valence-corrected chi connectivity index (χ3v) is 5.87. The lowest BCUT2D eigenvalue weighted by molar-refractivity contribution is 0.102. The number of carbonyl (C=O) groups is 1. The number of amides is 1. The van der Waals surface area contributed by atoms with Gasteiger partial charge in [-0.25, -0.2) is 15.0 Å². The average Bonchev–Trinajstić information content (AvgIpc) is 3.14. The van der Waals surface area contributed by atoms with E-state index < -0.39 is 0 Å². The number of hydrogen-bond acceptors (Lipinski definition) is 7. The van der Waals surface area contributed by atoms with E-state index in [4.69, 9.17) is 5.73 Å². The highest BCUT2D eigenvalue weighted by molar-refractivity contribution is 7.22. The molecule has 3 heterocycles. The molecule has 0 spiro atoms. The Balaban J connectivity index is 1.40. The Bertz CT molecular complexity index is 1240. The lowest BCUT2D eigenvalue weighted by Crippen LogP contribution is -2.24. The topological polar surface area (TPSA) is 106 Å². The van der Waals surface area contributed by atoms with Crippen molar-refractivity contribution in [3.63, 3.8) is 0 Å². The molecule has 1 aliphatic heterocycles. The molecule has 0 radical (unpaired) electrons. The van der Waals surface area contributed by atoms with Crippen LogP contribution in [0.15, 0.2) is 48.7 Å². The van der Waals surface area contributed by atoms with Crippen molar-refractivity contribution in [2.24, 2.45) is 0 Å². The molecule has 0 bridgehead atoms. The van der Waals surface area contributed by atoms with E-state index in [9.17, 15) is 4.79 Å². The van der Waals surface area contributed by atoms with Crippen LogP contribution in [0.25, 0.3) is 21.5 Å². The molecule has 2 aromatic heterocycles.